The van der Waals surface area contributed by atoms with E-state index in [1.54, 1.807) is 0 Å². The van der Waals surface area contributed by atoms with Gasteiger partial charge in [0.2, 0.25) is 5.91 Å². The van der Waals surface area contributed by atoms with E-state index in [1.807, 2.05) is 18.2 Å². The highest BCUT2D eigenvalue weighted by Crippen LogP contribution is 2.48. The number of nitrogens with one attached hydrogen (secondary N) is 1. The van der Waals surface area contributed by atoms with E-state index < -0.39 is 6.10 Å². The topological polar surface area (TPSA) is 69.6 Å². The predicted octanol–water partition coefficient (Wildman–Crippen LogP) is 4.87. The van der Waals surface area contributed by atoms with Crippen LogP contribution in [-0.2, 0) is 11.2 Å². The lowest BCUT2D eigenvalue weighted by atomic mass is 9.88. The average Bonchev–Trinajstić information content (AvgIpc) is 3.26. The van der Waals surface area contributed by atoms with Gasteiger partial charge in [0.25, 0.3) is 0 Å². The van der Waals surface area contributed by atoms with Crippen LogP contribution in [0.2, 0.25) is 0 Å². The summed E-state index contributed by atoms with van der Waals surface area (Å²) < 4.78 is 0. The van der Waals surface area contributed by atoms with Crippen LogP contribution < -0.4 is 5.32 Å². The Balaban J connectivity index is 1.41. The fourth-order valence-electron chi connectivity index (χ4n) is 5.33. The third-order valence-electron chi connectivity index (χ3n) is 7.04. The van der Waals surface area contributed by atoms with Crippen LogP contribution in [0.5, 0.6) is 0 Å². The van der Waals surface area contributed by atoms with Crippen molar-refractivity contribution in [3.05, 3.63) is 59.2 Å². The molecule has 3 rings (SSSR count). The van der Waals surface area contributed by atoms with Gasteiger partial charge in [0.1, 0.15) is 0 Å². The number of amides is 1. The zero-order valence-electron chi connectivity index (χ0n) is 19.8. The number of carbonyl (C=O) groups excluding carboxylic acids is 1. The van der Waals surface area contributed by atoms with E-state index in [1.165, 1.54) is 11.1 Å². The molecule has 0 unspecified atom stereocenters. The average molecular weight is 440 g/mol. The summed E-state index contributed by atoms with van der Waals surface area (Å²) in [5.74, 6) is 1.18. The molecule has 1 fully saturated rings. The van der Waals surface area contributed by atoms with Crippen molar-refractivity contribution in [2.75, 3.05) is 6.54 Å². The number of allylic oxidation sites excluding steroid dienone is 2. The highest BCUT2D eigenvalue weighted by Gasteiger charge is 2.43. The fraction of sp³-hybridized carbons (Fsp3) is 0.607. The number of benzene rings is 1. The summed E-state index contributed by atoms with van der Waals surface area (Å²) in [4.78, 5) is 11.8. The van der Waals surface area contributed by atoms with E-state index in [-0.39, 0.29) is 17.9 Å². The molecule has 4 nitrogen and oxygen atoms in total. The molecule has 0 spiro atoms. The third-order valence-corrected chi connectivity index (χ3v) is 7.04. The molecule has 1 aromatic carbocycles. The maximum atomic E-state index is 11.8. The van der Waals surface area contributed by atoms with E-state index in [2.05, 4.69) is 43.4 Å². The maximum Gasteiger partial charge on any atom is 0.219 e. The zero-order chi connectivity index (χ0) is 22.9. The highest BCUT2D eigenvalue weighted by molar-refractivity contribution is 5.75. The van der Waals surface area contributed by atoms with Gasteiger partial charge in [-0.25, -0.2) is 0 Å². The van der Waals surface area contributed by atoms with Gasteiger partial charge < -0.3 is 15.5 Å². The van der Waals surface area contributed by atoms with Gasteiger partial charge in [-0.15, -0.1) is 0 Å². The molecule has 0 saturated heterocycles. The van der Waals surface area contributed by atoms with Crippen LogP contribution in [0.25, 0.3) is 0 Å². The molecule has 4 heteroatoms. The van der Waals surface area contributed by atoms with E-state index in [0.717, 1.165) is 57.1 Å². The molecular formula is C28H41NO3. The molecule has 1 aromatic rings. The van der Waals surface area contributed by atoms with Crippen molar-refractivity contribution < 1.29 is 15.0 Å². The van der Waals surface area contributed by atoms with Crippen LogP contribution in [0.1, 0.15) is 69.4 Å². The van der Waals surface area contributed by atoms with Crippen molar-refractivity contribution in [2.45, 2.75) is 83.8 Å². The summed E-state index contributed by atoms with van der Waals surface area (Å²) in [6.45, 7) is 4.98. The molecule has 0 radical (unpaired) electrons. The van der Waals surface area contributed by atoms with Gasteiger partial charge in [0.05, 0.1) is 12.2 Å². The Bertz CT molecular complexity index is 800. The highest BCUT2D eigenvalue weighted by atomic mass is 16.3. The van der Waals surface area contributed by atoms with E-state index in [4.69, 9.17) is 0 Å². The van der Waals surface area contributed by atoms with Crippen molar-refractivity contribution >= 4 is 5.91 Å². The minimum Gasteiger partial charge on any atom is -0.392 e. The molecule has 0 aliphatic heterocycles. The number of aliphatic hydroxyl groups excluding tert-OH is 2. The summed E-state index contributed by atoms with van der Waals surface area (Å²) in [5, 5.41) is 24.0. The lowest BCUT2D eigenvalue weighted by Gasteiger charge is -2.19. The zero-order valence-corrected chi connectivity index (χ0v) is 19.8. The quantitative estimate of drug-likeness (QED) is 0.321. The minimum atomic E-state index is -0.527. The fourth-order valence-corrected chi connectivity index (χ4v) is 5.33. The number of aliphatic hydroxyl groups is 2. The molecule has 0 heterocycles. The summed E-state index contributed by atoms with van der Waals surface area (Å²) in [5.41, 5.74) is 3.82. The van der Waals surface area contributed by atoms with Gasteiger partial charge in [-0.2, -0.15) is 0 Å². The Morgan fingerprint density at radius 1 is 1.28 bits per heavy atom. The molecule has 176 valence electrons. The molecule has 2 aliphatic rings. The van der Waals surface area contributed by atoms with Gasteiger partial charge in [-0.3, -0.25) is 4.79 Å². The molecule has 0 bridgehead atoms. The van der Waals surface area contributed by atoms with Gasteiger partial charge in [-0.05, 0) is 62.8 Å². The van der Waals surface area contributed by atoms with Crippen molar-refractivity contribution in [1.82, 2.24) is 5.32 Å². The molecular weight excluding hydrogens is 398 g/mol. The Kier molecular flexibility index (Phi) is 9.55. The summed E-state index contributed by atoms with van der Waals surface area (Å²) in [6.07, 6.45) is 13.7. The van der Waals surface area contributed by atoms with Gasteiger partial charge in [0.15, 0.2) is 0 Å². The maximum absolute atomic E-state index is 11.8. The van der Waals surface area contributed by atoms with Gasteiger partial charge >= 0.3 is 0 Å². The minimum absolute atomic E-state index is 0.116. The summed E-state index contributed by atoms with van der Waals surface area (Å²) in [7, 11) is 0. The normalized spacial score (nSPS) is 25.7. The molecule has 5 atom stereocenters. The van der Waals surface area contributed by atoms with Gasteiger partial charge in [-0.1, -0.05) is 67.0 Å². The van der Waals surface area contributed by atoms with Crippen molar-refractivity contribution in [1.29, 1.82) is 0 Å². The first-order chi connectivity index (χ1) is 15.5. The van der Waals surface area contributed by atoms with Crippen LogP contribution in [0, 0.1) is 24.7 Å². The number of aryl methyl sites for hydroxylation is 1. The number of fused-ring (bicyclic) bond motifs is 1. The Labute approximate surface area is 193 Å². The first-order valence-electron chi connectivity index (χ1n) is 12.5. The number of rotatable bonds is 12. The van der Waals surface area contributed by atoms with E-state index >= 15 is 0 Å². The number of hydrogen-bond acceptors (Lipinski definition) is 3. The summed E-state index contributed by atoms with van der Waals surface area (Å²) in [6, 6.07) is 8.25. The number of unbranched alkanes of at least 4 members (excludes halogenated alkanes) is 2. The number of carbonyl (C=O) groups is 1. The van der Waals surface area contributed by atoms with Gasteiger partial charge in [0, 0.05) is 25.3 Å². The second-order valence-corrected chi connectivity index (χ2v) is 9.79. The lowest BCUT2D eigenvalue weighted by molar-refractivity contribution is -0.121. The van der Waals surface area contributed by atoms with E-state index in [9.17, 15) is 15.0 Å². The van der Waals surface area contributed by atoms with E-state index in [0.29, 0.717) is 24.7 Å². The standard InChI is InChI=1S/C28H41NO3/c1-3-4-14-29-28(32)11-6-5-9-22-16-23-19-27(31)25(26(23)18-22)13-12-24(30)17-21-10-7-8-20(2)15-21/h7-8,10,12-13,15-16,23-27,30-31H,3-6,9,11,14,17-19H2,1-2H3,(H,29,32)/b13-12+/t23-,24+,25+,26-,27+/m0/s1. The van der Waals surface area contributed by atoms with Crippen molar-refractivity contribution in [3.8, 4) is 0 Å². The smallest absolute Gasteiger partial charge is 0.219 e. The largest absolute Gasteiger partial charge is 0.392 e. The van der Waals surface area contributed by atoms with Crippen molar-refractivity contribution in [3.63, 3.8) is 0 Å². The number of hydrogen-bond donors (Lipinski definition) is 3. The van der Waals surface area contributed by atoms with Crippen LogP contribution in [0.4, 0.5) is 0 Å². The molecule has 3 N–H and O–H groups in total. The molecule has 0 aromatic heterocycles. The van der Waals surface area contributed by atoms with Crippen LogP contribution in [0.3, 0.4) is 0 Å². The molecule has 2 aliphatic carbocycles. The third kappa shape index (κ3) is 7.31. The molecule has 1 amide bonds. The first-order valence-corrected chi connectivity index (χ1v) is 12.5. The van der Waals surface area contributed by atoms with Crippen molar-refractivity contribution in [2.24, 2.45) is 17.8 Å². The lowest BCUT2D eigenvalue weighted by Crippen LogP contribution is -2.23. The van der Waals surface area contributed by atoms with Crippen LogP contribution in [-0.4, -0.2) is 34.9 Å². The van der Waals surface area contributed by atoms with Crippen LogP contribution in [0.15, 0.2) is 48.1 Å². The van der Waals surface area contributed by atoms with Crippen LogP contribution >= 0.6 is 0 Å². The Morgan fingerprint density at radius 2 is 2.12 bits per heavy atom. The monoisotopic (exact) mass is 439 g/mol. The summed E-state index contributed by atoms with van der Waals surface area (Å²) >= 11 is 0. The first kappa shape index (κ1) is 24.7. The Hall–Kier alpha value is -1.91. The SMILES string of the molecule is CCCCNC(=O)CCCCC1=C[C@H]2C[C@@H](O)[C@H](/C=C/[C@@H](O)Cc3cccc(C)c3)[C@H]2C1. The molecule has 1 saturated carbocycles. The predicted molar refractivity (Wildman–Crippen MR) is 130 cm³/mol. The Morgan fingerprint density at radius 3 is 2.91 bits per heavy atom. The second kappa shape index (κ2) is 12.4. The molecule has 32 heavy (non-hydrogen) atoms. The second-order valence-electron chi connectivity index (χ2n) is 9.79.